The van der Waals surface area contributed by atoms with Crippen LogP contribution in [0.15, 0.2) is 48.5 Å². The number of hydrogen-bond acceptors (Lipinski definition) is 6. The Kier molecular flexibility index (Phi) is 6.27. The number of piperidine rings is 1. The summed E-state index contributed by atoms with van der Waals surface area (Å²) < 4.78 is 5.41. The van der Waals surface area contributed by atoms with Crippen LogP contribution in [0.25, 0.3) is 0 Å². The largest absolute Gasteiger partial charge is 0.494 e. The van der Waals surface area contributed by atoms with E-state index in [0.717, 1.165) is 11.3 Å². The maximum absolute atomic E-state index is 13.0. The smallest absolute Gasteiger partial charge is 0.229 e. The summed E-state index contributed by atoms with van der Waals surface area (Å²) in [6.07, 6.45) is -1.31. The van der Waals surface area contributed by atoms with Gasteiger partial charge < -0.3 is 26.0 Å². The fourth-order valence-corrected chi connectivity index (χ4v) is 4.01. The van der Waals surface area contributed by atoms with Crippen LogP contribution in [0.4, 0.5) is 11.4 Å². The molecule has 168 valence electrons. The number of aryl methyl sites for hydroxylation is 1. The van der Waals surface area contributed by atoms with E-state index in [0.29, 0.717) is 18.0 Å². The van der Waals surface area contributed by atoms with Crippen molar-refractivity contribution < 1.29 is 19.1 Å². The second-order valence-electron chi connectivity index (χ2n) is 7.95. The van der Waals surface area contributed by atoms with Crippen molar-refractivity contribution >= 4 is 29.1 Å². The molecule has 2 heterocycles. The van der Waals surface area contributed by atoms with Gasteiger partial charge in [0.2, 0.25) is 17.7 Å². The molecule has 2 aromatic carbocycles. The van der Waals surface area contributed by atoms with E-state index in [2.05, 4.69) is 26.6 Å². The number of benzene rings is 2. The first-order chi connectivity index (χ1) is 15.4. The van der Waals surface area contributed by atoms with Gasteiger partial charge in [0.15, 0.2) is 6.29 Å². The number of hydrogen-bond donors (Lipinski definition) is 5. The molecule has 0 spiro atoms. The molecule has 4 rings (SSSR count). The van der Waals surface area contributed by atoms with Gasteiger partial charge in [0, 0.05) is 17.8 Å². The molecule has 0 saturated carbocycles. The molecule has 2 aromatic rings. The molecule has 0 aromatic heterocycles. The Bertz CT molecular complexity index is 992. The van der Waals surface area contributed by atoms with Crippen LogP contribution in [0.5, 0.6) is 5.75 Å². The topological polar surface area (TPSA) is 121 Å². The Morgan fingerprint density at radius 1 is 1.03 bits per heavy atom. The van der Waals surface area contributed by atoms with E-state index < -0.39 is 24.3 Å². The van der Waals surface area contributed by atoms with Crippen molar-refractivity contribution in [2.45, 2.75) is 32.7 Å². The predicted octanol–water partition coefficient (Wildman–Crippen LogP) is 1.53. The van der Waals surface area contributed by atoms with Crippen LogP contribution in [0.3, 0.4) is 0 Å². The number of rotatable bonds is 6. The van der Waals surface area contributed by atoms with Crippen molar-refractivity contribution in [1.29, 1.82) is 0 Å². The molecular weight excluding hydrogens is 410 g/mol. The second kappa shape index (κ2) is 9.27. The van der Waals surface area contributed by atoms with E-state index in [9.17, 15) is 14.4 Å². The summed E-state index contributed by atoms with van der Waals surface area (Å²) in [6, 6.07) is 14.7. The van der Waals surface area contributed by atoms with Gasteiger partial charge in [0.1, 0.15) is 5.75 Å². The van der Waals surface area contributed by atoms with Gasteiger partial charge in [-0.05, 0) is 50.2 Å². The van der Waals surface area contributed by atoms with Gasteiger partial charge in [-0.15, -0.1) is 0 Å². The van der Waals surface area contributed by atoms with Gasteiger partial charge in [0.05, 0.1) is 24.6 Å². The first-order valence-corrected chi connectivity index (χ1v) is 10.7. The molecule has 9 heteroatoms. The van der Waals surface area contributed by atoms with Crippen molar-refractivity contribution in [1.82, 2.24) is 16.0 Å². The fraction of sp³-hybridized carbons (Fsp3) is 0.348. The normalized spacial score (nSPS) is 24.6. The van der Waals surface area contributed by atoms with Gasteiger partial charge in [0.25, 0.3) is 0 Å². The maximum Gasteiger partial charge on any atom is 0.229 e. The first kappa shape index (κ1) is 21.6. The number of fused-ring (bicyclic) bond motifs is 1. The van der Waals surface area contributed by atoms with Gasteiger partial charge in [-0.2, -0.15) is 0 Å². The van der Waals surface area contributed by atoms with Gasteiger partial charge in [-0.25, -0.2) is 0 Å². The Balaban J connectivity index is 1.44. The quantitative estimate of drug-likeness (QED) is 0.467. The van der Waals surface area contributed by atoms with Crippen LogP contribution in [0.2, 0.25) is 0 Å². The maximum atomic E-state index is 13.0. The molecule has 2 aliphatic heterocycles. The summed E-state index contributed by atoms with van der Waals surface area (Å²) in [4.78, 5) is 38.2. The lowest BCUT2D eigenvalue weighted by molar-refractivity contribution is -0.144. The fourth-order valence-electron chi connectivity index (χ4n) is 4.01. The van der Waals surface area contributed by atoms with Crippen molar-refractivity contribution in [3.63, 3.8) is 0 Å². The molecule has 0 bridgehead atoms. The van der Waals surface area contributed by atoms with Crippen LogP contribution in [-0.4, -0.2) is 36.8 Å². The number of anilines is 2. The van der Waals surface area contributed by atoms with Crippen LogP contribution >= 0.6 is 0 Å². The minimum absolute atomic E-state index is 0.0603. The highest BCUT2D eigenvalue weighted by Crippen LogP contribution is 2.28. The molecule has 3 amide bonds. The zero-order valence-corrected chi connectivity index (χ0v) is 18.0. The van der Waals surface area contributed by atoms with Crippen LogP contribution in [-0.2, 0) is 14.4 Å². The average Bonchev–Trinajstić information content (AvgIpc) is 2.76. The van der Waals surface area contributed by atoms with E-state index in [1.54, 1.807) is 24.3 Å². The second-order valence-corrected chi connectivity index (χ2v) is 7.95. The van der Waals surface area contributed by atoms with Crippen LogP contribution < -0.4 is 31.3 Å². The third kappa shape index (κ3) is 4.83. The van der Waals surface area contributed by atoms with E-state index in [1.165, 1.54) is 0 Å². The van der Waals surface area contributed by atoms with E-state index in [1.807, 2.05) is 38.1 Å². The zero-order valence-electron chi connectivity index (χ0n) is 18.0. The van der Waals surface area contributed by atoms with E-state index >= 15 is 0 Å². The number of carbonyl (C=O) groups excluding carboxylic acids is 3. The molecule has 0 radical (unpaired) electrons. The van der Waals surface area contributed by atoms with Gasteiger partial charge in [-0.1, -0.05) is 17.7 Å². The minimum Gasteiger partial charge on any atom is -0.494 e. The van der Waals surface area contributed by atoms with E-state index in [-0.39, 0.29) is 24.1 Å². The number of ether oxygens (including phenoxy) is 1. The average molecular weight is 438 g/mol. The molecule has 9 nitrogen and oxygen atoms in total. The molecule has 2 aliphatic rings. The zero-order chi connectivity index (χ0) is 22.7. The van der Waals surface area contributed by atoms with E-state index in [4.69, 9.17) is 4.74 Å². The van der Waals surface area contributed by atoms with Crippen molar-refractivity contribution in [3.8, 4) is 5.75 Å². The lowest BCUT2D eigenvalue weighted by Crippen LogP contribution is -2.72. The predicted molar refractivity (Wildman–Crippen MR) is 120 cm³/mol. The number of carbonyl (C=O) groups is 3. The lowest BCUT2D eigenvalue weighted by Gasteiger charge is -2.43. The lowest BCUT2D eigenvalue weighted by atomic mass is 9.81. The molecule has 2 fully saturated rings. The Hall–Kier alpha value is -3.59. The molecule has 4 unspecified atom stereocenters. The van der Waals surface area contributed by atoms with Crippen molar-refractivity contribution in [2.24, 2.45) is 11.8 Å². The Labute approximate surface area is 186 Å². The third-order valence-electron chi connectivity index (χ3n) is 5.58. The summed E-state index contributed by atoms with van der Waals surface area (Å²) in [5.41, 5.74) is 2.51. The SMILES string of the molecule is CCOc1ccc(NC(=O)C2CC(=O)NC3NC(Nc4ccc(C)cc4)NC(=O)C32)cc1. The molecule has 5 N–H and O–H groups in total. The highest BCUT2D eigenvalue weighted by molar-refractivity contribution is 6.00. The van der Waals surface area contributed by atoms with Crippen molar-refractivity contribution in [2.75, 3.05) is 17.2 Å². The highest BCUT2D eigenvalue weighted by Gasteiger charge is 2.48. The summed E-state index contributed by atoms with van der Waals surface area (Å²) in [5.74, 6) is -1.79. The molecule has 0 aliphatic carbocycles. The Morgan fingerprint density at radius 2 is 1.72 bits per heavy atom. The number of amides is 3. The summed E-state index contributed by atoms with van der Waals surface area (Å²) in [6.45, 7) is 4.43. The summed E-state index contributed by atoms with van der Waals surface area (Å²) in [5, 5.41) is 14.8. The van der Waals surface area contributed by atoms with Crippen LogP contribution in [0.1, 0.15) is 18.9 Å². The highest BCUT2D eigenvalue weighted by atomic mass is 16.5. The van der Waals surface area contributed by atoms with Crippen molar-refractivity contribution in [3.05, 3.63) is 54.1 Å². The standard InChI is InChI=1S/C23H27N5O4/c1-3-32-16-10-8-14(9-11-16)24-21(30)17-12-18(29)26-20-19(17)22(31)28-23(27-20)25-15-6-4-13(2)5-7-15/h4-11,17,19-20,23,25,27H,3,12H2,1-2H3,(H,24,30)(H,26,29)(H,28,31). The summed E-state index contributed by atoms with van der Waals surface area (Å²) in [7, 11) is 0. The monoisotopic (exact) mass is 437 g/mol. The van der Waals surface area contributed by atoms with Gasteiger partial charge >= 0.3 is 0 Å². The summed E-state index contributed by atoms with van der Waals surface area (Å²) >= 11 is 0. The molecule has 32 heavy (non-hydrogen) atoms. The third-order valence-corrected chi connectivity index (χ3v) is 5.58. The number of nitrogens with one attached hydrogen (secondary N) is 5. The van der Waals surface area contributed by atoms with Crippen LogP contribution in [0, 0.1) is 18.8 Å². The Morgan fingerprint density at radius 3 is 2.41 bits per heavy atom. The molecular formula is C23H27N5O4. The molecule has 2 saturated heterocycles. The molecule has 4 atom stereocenters. The van der Waals surface area contributed by atoms with Gasteiger partial charge in [-0.3, -0.25) is 19.7 Å². The minimum atomic E-state index is -0.798. The first-order valence-electron chi connectivity index (χ1n) is 10.7.